The van der Waals surface area contributed by atoms with E-state index < -0.39 is 15.1 Å². The number of nitrogens with one attached hydrogen (secondary N) is 4. The predicted molar refractivity (Wildman–Crippen MR) is 321 cm³/mol. The number of hydrogen-bond acceptors (Lipinski definition) is 16. The fraction of sp³-hybridized carbons (Fsp3) is 0.525. The highest BCUT2D eigenvalue weighted by Crippen LogP contribution is 2.42. The molecule has 0 spiro atoms. The molecule has 0 aliphatic carbocycles. The lowest BCUT2D eigenvalue weighted by Gasteiger charge is -2.39. The lowest BCUT2D eigenvalue weighted by molar-refractivity contribution is -0.123. The number of likely N-dealkylation sites (tertiary alicyclic amines) is 1. The molecule has 4 N–H and O–H groups in total. The molecule has 0 radical (unpaired) electrons. The van der Waals surface area contributed by atoms with Gasteiger partial charge < -0.3 is 40.4 Å². The number of rotatable bonds is 25. The van der Waals surface area contributed by atoms with Crippen LogP contribution in [0.15, 0.2) is 77.8 Å². The molecule has 3 aromatic carbocycles. The summed E-state index contributed by atoms with van der Waals surface area (Å²) in [6.07, 6.45) is 3.63. The largest absolute Gasteiger partial charge is 0.489 e. The Hall–Kier alpha value is -5.84. The number of likely N-dealkylation sites (N-methyl/N-ethyl adjacent to an activating group) is 1. The summed E-state index contributed by atoms with van der Waals surface area (Å²) in [4.78, 5) is 50.4. The molecular formula is C61H83ClFN11O7S. The number of pyridine rings is 1. The zero-order valence-electron chi connectivity index (χ0n) is 49.3. The minimum atomic E-state index is -3.60. The Bertz CT molecular complexity index is 3130. The number of piperidine rings is 1. The quantitative estimate of drug-likeness (QED) is 0.0407. The molecule has 0 unspecified atom stereocenters. The van der Waals surface area contributed by atoms with E-state index in [1.807, 2.05) is 31.9 Å². The molecule has 2 amide bonds. The number of para-hydroxylation sites is 1. The number of anilines is 5. The number of halogens is 2. The summed E-state index contributed by atoms with van der Waals surface area (Å²) in [6.45, 7) is 22.8. The second-order valence-electron chi connectivity index (χ2n) is 23.3. The molecule has 5 aromatic rings. The van der Waals surface area contributed by atoms with Crippen LogP contribution in [0.3, 0.4) is 0 Å². The third kappa shape index (κ3) is 15.9. The predicted octanol–water partition coefficient (Wildman–Crippen LogP) is 8.40. The Morgan fingerprint density at radius 2 is 1.72 bits per heavy atom. The van der Waals surface area contributed by atoms with Gasteiger partial charge in [0.25, 0.3) is 0 Å². The zero-order valence-corrected chi connectivity index (χ0v) is 50.9. The average Bonchev–Trinajstić information content (AvgIpc) is 3.10. The minimum absolute atomic E-state index is 0.0364. The molecule has 0 saturated carbocycles. The summed E-state index contributed by atoms with van der Waals surface area (Å²) in [7, 11) is 0.129. The van der Waals surface area contributed by atoms with Crippen LogP contribution in [0.4, 0.5) is 33.2 Å². The number of aryl methyl sites for hydroxylation is 1. The van der Waals surface area contributed by atoms with Crippen LogP contribution in [-0.4, -0.2) is 166 Å². The van der Waals surface area contributed by atoms with Crippen molar-refractivity contribution in [2.75, 3.05) is 108 Å². The van der Waals surface area contributed by atoms with E-state index in [0.29, 0.717) is 76.1 Å². The molecule has 2 fully saturated rings. The van der Waals surface area contributed by atoms with Crippen LogP contribution in [0, 0.1) is 12.7 Å². The first kappa shape index (κ1) is 62.2. The number of sulfone groups is 1. The van der Waals surface area contributed by atoms with Crippen molar-refractivity contribution in [2.24, 2.45) is 0 Å². The van der Waals surface area contributed by atoms with Crippen molar-refractivity contribution < 1.29 is 36.6 Å². The number of carbonyl (C=O) groups is 2. The van der Waals surface area contributed by atoms with Gasteiger partial charge in [-0.15, -0.1) is 0 Å². The molecule has 2 atom stereocenters. The van der Waals surface area contributed by atoms with Gasteiger partial charge in [-0.25, -0.2) is 17.8 Å². The van der Waals surface area contributed by atoms with E-state index >= 15 is 0 Å². The van der Waals surface area contributed by atoms with Crippen LogP contribution in [0.5, 0.6) is 5.75 Å². The van der Waals surface area contributed by atoms with E-state index in [9.17, 15) is 22.4 Å². The molecule has 82 heavy (non-hydrogen) atoms. The summed E-state index contributed by atoms with van der Waals surface area (Å²) in [5.74, 6) is 1.11. The van der Waals surface area contributed by atoms with Gasteiger partial charge >= 0.3 is 0 Å². The van der Waals surface area contributed by atoms with Crippen LogP contribution in [0.2, 0.25) is 5.02 Å². The fourth-order valence-electron chi connectivity index (χ4n) is 11.0. The first-order chi connectivity index (χ1) is 39.1. The van der Waals surface area contributed by atoms with Crippen molar-refractivity contribution in [3.8, 4) is 5.75 Å². The van der Waals surface area contributed by atoms with Gasteiger partial charge in [0, 0.05) is 63.9 Å². The standard InChI is InChI=1S/C61H83ClFN11O7S/c1-39(2)81-54-30-48(41(5)27-51(54)69-60-66-32-49(62)59(70-60)68-50-13-11-12-14-55(50)82(77,78)40(3)4)44-19-22-72(23-20-44)35-56(75)64-21-25-80-26-24-71(9)34-52-45(28-43-15-17-46(63)18-16-43)29-53-58(67-52)61(7,8)38-74(53)57(76)36-73-33-42(6)65-31-47(73)37-79-10/h11-18,27,29-30,32,39-40,42,44,47,65H,19-26,28,31,33-38H2,1-10H3,(H,64,75)(H2,66,68,69,70)/t42-,47-/m1/s1. The van der Waals surface area contributed by atoms with E-state index in [1.165, 1.54) is 23.9 Å². The number of ether oxygens (including phenoxy) is 3. The third-order valence-electron chi connectivity index (χ3n) is 15.5. The second kappa shape index (κ2) is 27.7. The van der Waals surface area contributed by atoms with Crippen molar-refractivity contribution in [1.82, 2.24) is 40.3 Å². The third-order valence-corrected chi connectivity index (χ3v) is 18.0. The van der Waals surface area contributed by atoms with Crippen LogP contribution < -0.4 is 30.9 Å². The van der Waals surface area contributed by atoms with Gasteiger partial charge in [0.05, 0.1) is 83.8 Å². The van der Waals surface area contributed by atoms with Crippen LogP contribution in [0.25, 0.3) is 0 Å². The summed E-state index contributed by atoms with van der Waals surface area (Å²) in [5, 5.41) is 12.6. The molecule has 8 rings (SSSR count). The molecule has 21 heteroatoms. The van der Waals surface area contributed by atoms with Crippen molar-refractivity contribution in [1.29, 1.82) is 0 Å². The molecule has 0 bridgehead atoms. The Kier molecular flexibility index (Phi) is 21.0. The van der Waals surface area contributed by atoms with E-state index in [-0.39, 0.29) is 75.4 Å². The highest BCUT2D eigenvalue weighted by atomic mass is 35.5. The molecule has 5 heterocycles. The Balaban J connectivity index is 0.811. The minimum Gasteiger partial charge on any atom is -0.489 e. The number of aromatic nitrogens is 3. The van der Waals surface area contributed by atoms with Crippen molar-refractivity contribution in [3.05, 3.63) is 117 Å². The summed E-state index contributed by atoms with van der Waals surface area (Å²) in [6, 6.07) is 19.8. The number of nitrogens with zero attached hydrogens (tertiary/aromatic N) is 7. The topological polar surface area (TPSA) is 196 Å². The van der Waals surface area contributed by atoms with Crippen LogP contribution in [-0.2, 0) is 47.3 Å². The highest BCUT2D eigenvalue weighted by Gasteiger charge is 2.41. The Labute approximate surface area is 489 Å². The average molecular weight is 1170 g/mol. The number of methoxy groups -OCH3 is 1. The summed E-state index contributed by atoms with van der Waals surface area (Å²) in [5.41, 5.74) is 7.50. The fourth-order valence-corrected chi connectivity index (χ4v) is 12.4. The van der Waals surface area contributed by atoms with Gasteiger partial charge in [0.15, 0.2) is 15.7 Å². The van der Waals surface area contributed by atoms with Crippen molar-refractivity contribution >= 4 is 62.1 Å². The molecule has 3 aliphatic heterocycles. The van der Waals surface area contributed by atoms with Gasteiger partial charge in [-0.05, 0) is 152 Å². The first-order valence-electron chi connectivity index (χ1n) is 28.6. The lowest BCUT2D eigenvalue weighted by atomic mass is 9.86. The van der Waals surface area contributed by atoms with Gasteiger partial charge in [-0.3, -0.25) is 29.3 Å². The van der Waals surface area contributed by atoms with Crippen molar-refractivity contribution in [3.63, 3.8) is 0 Å². The van der Waals surface area contributed by atoms with Gasteiger partial charge in [0.1, 0.15) is 16.6 Å². The number of carbonyl (C=O) groups excluding carboxylic acids is 2. The van der Waals surface area contributed by atoms with E-state index in [1.54, 1.807) is 57.4 Å². The molecule has 3 aliphatic rings. The Morgan fingerprint density at radius 1 is 0.976 bits per heavy atom. The molecule has 2 aromatic heterocycles. The van der Waals surface area contributed by atoms with Gasteiger partial charge in [-0.2, -0.15) is 4.98 Å². The molecule has 2 saturated heterocycles. The van der Waals surface area contributed by atoms with E-state index in [0.717, 1.165) is 72.8 Å². The van der Waals surface area contributed by atoms with Crippen LogP contribution >= 0.6 is 11.6 Å². The number of benzene rings is 3. The number of amides is 2. The zero-order chi connectivity index (χ0) is 58.9. The number of hydrogen-bond donors (Lipinski definition) is 4. The second-order valence-corrected chi connectivity index (χ2v) is 26.2. The first-order valence-corrected chi connectivity index (χ1v) is 30.5. The molecule has 444 valence electrons. The van der Waals surface area contributed by atoms with Crippen LogP contribution in [0.1, 0.15) is 101 Å². The normalized spacial score (nSPS) is 17.9. The number of piperazine rings is 1. The van der Waals surface area contributed by atoms with E-state index in [4.69, 9.17) is 30.8 Å². The summed E-state index contributed by atoms with van der Waals surface area (Å²) < 4.78 is 58.2. The van der Waals surface area contributed by atoms with Crippen molar-refractivity contribution in [2.45, 2.75) is 121 Å². The molecular weight excluding hydrogens is 1090 g/mol. The van der Waals surface area contributed by atoms with Gasteiger partial charge in [0.2, 0.25) is 17.8 Å². The number of fused-ring (bicyclic) bond motifs is 1. The smallest absolute Gasteiger partial charge is 0.241 e. The maximum absolute atomic E-state index is 14.2. The van der Waals surface area contributed by atoms with E-state index in [2.05, 4.69) is 85.8 Å². The Morgan fingerprint density at radius 3 is 2.44 bits per heavy atom. The molecule has 18 nitrogen and oxygen atoms in total. The SMILES string of the molecule is COC[C@H]1CN[C@H](C)CN1CC(=O)N1CC(C)(C)c2nc(CN(C)CCOCCNC(=O)CN3CCC(c4cc(OC(C)C)c(Nc5ncc(Cl)c(Nc6ccccc6S(=O)(=O)C(C)C)n5)cc4C)CC3)c(Cc3ccc(F)cc3)cc21. The van der Waals surface area contributed by atoms with Gasteiger partial charge in [-0.1, -0.05) is 49.7 Å². The lowest BCUT2D eigenvalue weighted by Crippen LogP contribution is -2.59. The summed E-state index contributed by atoms with van der Waals surface area (Å²) >= 11 is 6.54. The monoisotopic (exact) mass is 1170 g/mol. The maximum Gasteiger partial charge on any atom is 0.241 e. The highest BCUT2D eigenvalue weighted by molar-refractivity contribution is 7.92. The maximum atomic E-state index is 14.2.